The van der Waals surface area contributed by atoms with Crippen LogP contribution >= 0.6 is 0 Å². The average molecular weight is 711 g/mol. The number of carbonyl (C=O) groups is 5. The fraction of sp³-hybridized carbons (Fsp3) is 0.568. The van der Waals surface area contributed by atoms with Gasteiger partial charge in [0, 0.05) is 29.9 Å². The van der Waals surface area contributed by atoms with Gasteiger partial charge in [0.2, 0.25) is 11.8 Å². The Hall–Kier alpha value is -4.88. The highest BCUT2D eigenvalue weighted by molar-refractivity contribution is 5.97. The first-order chi connectivity index (χ1) is 24.2. The van der Waals surface area contributed by atoms with Crippen LogP contribution in [0.5, 0.6) is 11.5 Å². The van der Waals surface area contributed by atoms with Gasteiger partial charge >= 0.3 is 18.0 Å². The van der Waals surface area contributed by atoms with E-state index in [-0.39, 0.29) is 30.3 Å². The molecule has 1 aromatic heterocycles. The van der Waals surface area contributed by atoms with Crippen molar-refractivity contribution in [3.05, 3.63) is 42.1 Å². The number of alkyl carbamates (subject to hydrolysis) is 1. The number of pyridine rings is 1. The number of allylic oxidation sites excluding steroid dienone is 1. The predicted octanol–water partition coefficient (Wildman–Crippen LogP) is 4.48. The summed E-state index contributed by atoms with van der Waals surface area (Å²) < 4.78 is 27.1. The third-order valence-corrected chi connectivity index (χ3v) is 8.87. The van der Waals surface area contributed by atoms with Crippen LogP contribution < -0.4 is 20.1 Å². The van der Waals surface area contributed by atoms with Gasteiger partial charge in [0.15, 0.2) is 5.69 Å². The molecule has 1 unspecified atom stereocenters. The minimum absolute atomic E-state index is 0.00815. The van der Waals surface area contributed by atoms with E-state index in [1.54, 1.807) is 39.0 Å². The lowest BCUT2D eigenvalue weighted by molar-refractivity contribution is -0.148. The number of aromatic nitrogens is 1. The van der Waals surface area contributed by atoms with Crippen LogP contribution in [0.4, 0.5) is 4.79 Å². The molecule has 51 heavy (non-hydrogen) atoms. The largest absolute Gasteiger partial charge is 0.497 e. The van der Waals surface area contributed by atoms with Gasteiger partial charge in [-0.2, -0.15) is 0 Å². The van der Waals surface area contributed by atoms with Gasteiger partial charge < -0.3 is 39.2 Å². The Bertz CT molecular complexity index is 1650. The number of hydrogen-bond acceptors (Lipinski definition) is 11. The SMILES string of the molecule is CCCCCC=CC1C[C@]1(NC(=O)[C@@H]1C[C@@H](Oc2cc(C(=O)OC)nc3cc(OC)ccc23)CN1C(=O)[C@H](C)NC(=O)OC(C)(C)C)C(=O)OC. The number of rotatable bonds is 14. The number of benzene rings is 1. The molecule has 4 rings (SSSR count). The van der Waals surface area contributed by atoms with Crippen molar-refractivity contribution in [2.45, 2.75) is 102 Å². The zero-order chi connectivity index (χ0) is 37.5. The number of esters is 2. The Kier molecular flexibility index (Phi) is 12.5. The molecule has 1 saturated carbocycles. The standard InChI is InChI=1S/C37H50N4O10/c1-9-10-11-12-13-14-23-20-37(23,34(45)49-8)40-31(42)29-18-25(21-41(29)32(43)22(2)38-35(46)51-36(3,4)5)50-30-19-28(33(44)48-7)39-27-17-24(47-6)15-16-26(27)30/h13-17,19,22-23,25,29H,9-12,18,20-21H2,1-8H3,(H,38,46)(H,40,42)/t22-,23?,25+,29-,37+/m0/s1. The molecule has 1 aromatic carbocycles. The van der Waals surface area contributed by atoms with Gasteiger partial charge in [-0.05, 0) is 59.1 Å². The Morgan fingerprint density at radius 1 is 1.08 bits per heavy atom. The molecule has 2 aromatic rings. The molecule has 14 heteroatoms. The fourth-order valence-corrected chi connectivity index (χ4v) is 6.17. The summed E-state index contributed by atoms with van der Waals surface area (Å²) in [6.45, 7) is 8.69. The molecule has 0 spiro atoms. The van der Waals surface area contributed by atoms with Crippen LogP contribution in [0.15, 0.2) is 36.4 Å². The molecular weight excluding hydrogens is 660 g/mol. The van der Waals surface area contributed by atoms with Gasteiger partial charge in [-0.25, -0.2) is 19.4 Å². The van der Waals surface area contributed by atoms with Crippen molar-refractivity contribution in [1.82, 2.24) is 20.5 Å². The van der Waals surface area contributed by atoms with Crippen LogP contribution in [0.2, 0.25) is 0 Å². The van der Waals surface area contributed by atoms with Crippen molar-refractivity contribution < 1.29 is 47.7 Å². The Morgan fingerprint density at radius 3 is 2.47 bits per heavy atom. The van der Waals surface area contributed by atoms with Crippen LogP contribution in [0.25, 0.3) is 10.9 Å². The molecule has 0 radical (unpaired) electrons. The molecule has 14 nitrogen and oxygen atoms in total. The molecule has 1 aliphatic carbocycles. The number of likely N-dealkylation sites (tertiary alicyclic amines) is 1. The zero-order valence-corrected chi connectivity index (χ0v) is 30.7. The summed E-state index contributed by atoms with van der Waals surface area (Å²) >= 11 is 0. The minimum atomic E-state index is -1.27. The van der Waals surface area contributed by atoms with Crippen LogP contribution in [-0.4, -0.2) is 96.9 Å². The van der Waals surface area contributed by atoms with E-state index in [1.165, 1.54) is 39.2 Å². The lowest BCUT2D eigenvalue weighted by atomic mass is 10.1. The lowest BCUT2D eigenvalue weighted by Gasteiger charge is -2.28. The number of hydrogen-bond donors (Lipinski definition) is 2. The van der Waals surface area contributed by atoms with E-state index in [1.807, 2.05) is 12.2 Å². The summed E-state index contributed by atoms with van der Waals surface area (Å²) in [5.41, 5.74) is -1.66. The topological polar surface area (TPSA) is 172 Å². The number of amides is 3. The number of methoxy groups -OCH3 is 3. The zero-order valence-electron chi connectivity index (χ0n) is 30.7. The molecule has 0 bridgehead atoms. The lowest BCUT2D eigenvalue weighted by Crippen LogP contribution is -2.56. The second kappa shape index (κ2) is 16.4. The van der Waals surface area contributed by atoms with Crippen molar-refractivity contribution in [2.24, 2.45) is 5.92 Å². The van der Waals surface area contributed by atoms with Gasteiger partial charge in [-0.3, -0.25) is 9.59 Å². The minimum Gasteiger partial charge on any atom is -0.497 e. The maximum absolute atomic E-state index is 14.1. The first kappa shape index (κ1) is 38.9. The Labute approximate surface area is 298 Å². The number of fused-ring (bicyclic) bond motifs is 1. The number of carbonyl (C=O) groups excluding carboxylic acids is 5. The molecule has 2 fully saturated rings. The molecule has 2 N–H and O–H groups in total. The quantitative estimate of drug-likeness (QED) is 0.123. The summed E-state index contributed by atoms with van der Waals surface area (Å²) in [4.78, 5) is 71.9. The van der Waals surface area contributed by atoms with E-state index in [9.17, 15) is 24.0 Å². The summed E-state index contributed by atoms with van der Waals surface area (Å²) in [6, 6.07) is 4.40. The number of nitrogens with zero attached hydrogens (tertiary/aromatic N) is 2. The summed E-state index contributed by atoms with van der Waals surface area (Å²) in [5.74, 6) is -1.85. The monoisotopic (exact) mass is 710 g/mol. The predicted molar refractivity (Wildman–Crippen MR) is 187 cm³/mol. The van der Waals surface area contributed by atoms with Crippen molar-refractivity contribution in [2.75, 3.05) is 27.9 Å². The van der Waals surface area contributed by atoms with Crippen LogP contribution in [0.3, 0.4) is 0 Å². The highest BCUT2D eigenvalue weighted by Gasteiger charge is 2.62. The fourth-order valence-electron chi connectivity index (χ4n) is 6.17. The molecule has 3 amide bonds. The first-order valence-electron chi connectivity index (χ1n) is 17.3. The van der Waals surface area contributed by atoms with Gasteiger partial charge in [-0.15, -0.1) is 0 Å². The van der Waals surface area contributed by atoms with Gasteiger partial charge in [-0.1, -0.05) is 31.9 Å². The van der Waals surface area contributed by atoms with Crippen LogP contribution in [0.1, 0.15) is 83.6 Å². The normalized spacial score (nSPS) is 21.9. The number of ether oxygens (including phenoxy) is 5. The molecule has 1 aliphatic heterocycles. The Morgan fingerprint density at radius 2 is 1.82 bits per heavy atom. The highest BCUT2D eigenvalue weighted by atomic mass is 16.6. The van der Waals surface area contributed by atoms with Gasteiger partial charge in [0.1, 0.15) is 40.8 Å². The van der Waals surface area contributed by atoms with E-state index in [0.717, 1.165) is 25.7 Å². The molecule has 2 heterocycles. The third-order valence-electron chi connectivity index (χ3n) is 8.87. The molecule has 2 aliphatic rings. The van der Waals surface area contributed by atoms with E-state index in [0.29, 0.717) is 23.1 Å². The van der Waals surface area contributed by atoms with E-state index in [2.05, 4.69) is 22.5 Å². The van der Waals surface area contributed by atoms with Gasteiger partial charge in [0.25, 0.3) is 0 Å². The summed E-state index contributed by atoms with van der Waals surface area (Å²) in [7, 11) is 4.02. The number of nitrogens with one attached hydrogen (secondary N) is 2. The molecule has 278 valence electrons. The molecular formula is C37H50N4O10. The second-order valence-electron chi connectivity index (χ2n) is 13.9. The second-order valence-corrected chi connectivity index (χ2v) is 13.9. The van der Waals surface area contributed by atoms with Gasteiger partial charge in [0.05, 0.1) is 33.4 Å². The first-order valence-corrected chi connectivity index (χ1v) is 17.3. The van der Waals surface area contributed by atoms with Crippen molar-refractivity contribution in [3.63, 3.8) is 0 Å². The van der Waals surface area contributed by atoms with Crippen LogP contribution in [0, 0.1) is 5.92 Å². The molecule has 1 saturated heterocycles. The van der Waals surface area contributed by atoms with E-state index < -0.39 is 59.2 Å². The highest BCUT2D eigenvalue weighted by Crippen LogP contribution is 2.46. The van der Waals surface area contributed by atoms with E-state index in [4.69, 9.17) is 23.7 Å². The van der Waals surface area contributed by atoms with Crippen molar-refractivity contribution in [3.8, 4) is 11.5 Å². The molecule has 5 atom stereocenters. The summed E-state index contributed by atoms with van der Waals surface area (Å²) in [5, 5.41) is 6.02. The van der Waals surface area contributed by atoms with E-state index >= 15 is 0 Å². The maximum atomic E-state index is 14.1. The van der Waals surface area contributed by atoms with Crippen molar-refractivity contribution in [1.29, 1.82) is 0 Å². The number of unbranched alkanes of at least 4 members (excludes halogenated alkanes) is 3. The van der Waals surface area contributed by atoms with Crippen LogP contribution in [-0.2, 0) is 28.6 Å². The maximum Gasteiger partial charge on any atom is 0.408 e. The summed E-state index contributed by atoms with van der Waals surface area (Å²) in [6.07, 6.45) is 6.89. The average Bonchev–Trinajstić information content (AvgIpc) is 3.62. The van der Waals surface area contributed by atoms with Crippen molar-refractivity contribution >= 4 is 40.7 Å². The third kappa shape index (κ3) is 9.47. The Balaban J connectivity index is 1.63. The smallest absolute Gasteiger partial charge is 0.408 e.